The Morgan fingerprint density at radius 3 is 2.55 bits per heavy atom. The van der Waals surface area contributed by atoms with Crippen LogP contribution >= 0.6 is 0 Å². The molecule has 1 N–H and O–H groups in total. The van der Waals surface area contributed by atoms with Crippen LogP contribution in [0.2, 0.25) is 0 Å². The summed E-state index contributed by atoms with van der Waals surface area (Å²) in [5.74, 6) is 0. The number of hydrogen-bond donors (Lipinski definition) is 1. The van der Waals surface area contributed by atoms with E-state index in [0.717, 1.165) is 19.4 Å². The molecule has 0 spiro atoms. The van der Waals surface area contributed by atoms with Crippen molar-refractivity contribution in [2.45, 2.75) is 51.8 Å². The first-order valence-corrected chi connectivity index (χ1v) is 4.59. The van der Waals surface area contributed by atoms with E-state index in [2.05, 4.69) is 25.7 Å². The number of likely N-dealkylation sites (tertiary alicyclic amines) is 1. The molecular weight excluding hydrogens is 138 g/mol. The van der Waals surface area contributed by atoms with Gasteiger partial charge in [0.05, 0.1) is 6.10 Å². The molecule has 1 fully saturated rings. The molecule has 1 aliphatic rings. The first-order valence-electron chi connectivity index (χ1n) is 4.59. The second kappa shape index (κ2) is 3.55. The number of aliphatic hydroxyl groups excluding tert-OH is 1. The van der Waals surface area contributed by atoms with E-state index in [-0.39, 0.29) is 6.10 Å². The molecule has 0 bridgehead atoms. The van der Waals surface area contributed by atoms with Crippen molar-refractivity contribution in [3.05, 3.63) is 0 Å². The van der Waals surface area contributed by atoms with Crippen molar-refractivity contribution in [1.29, 1.82) is 0 Å². The van der Waals surface area contributed by atoms with E-state index < -0.39 is 0 Å². The average molecular weight is 157 g/mol. The van der Waals surface area contributed by atoms with Crippen LogP contribution in [-0.4, -0.2) is 34.7 Å². The Morgan fingerprint density at radius 2 is 2.18 bits per heavy atom. The van der Waals surface area contributed by atoms with Gasteiger partial charge in [-0.25, -0.2) is 0 Å². The molecule has 1 unspecified atom stereocenters. The smallest absolute Gasteiger partial charge is 0.0682 e. The van der Waals surface area contributed by atoms with Crippen molar-refractivity contribution in [2.24, 2.45) is 0 Å². The van der Waals surface area contributed by atoms with Gasteiger partial charge in [-0.05, 0) is 26.7 Å². The fraction of sp³-hybridized carbons (Fsp3) is 1.00. The molecule has 2 heteroatoms. The number of rotatable bonds is 2. The Bertz CT molecular complexity index is 125. The molecule has 0 amide bonds. The van der Waals surface area contributed by atoms with Gasteiger partial charge < -0.3 is 5.11 Å². The third kappa shape index (κ3) is 1.94. The normalized spacial score (nSPS) is 33.5. The molecular formula is C9H19NO. The van der Waals surface area contributed by atoms with Crippen molar-refractivity contribution in [2.75, 3.05) is 6.54 Å². The van der Waals surface area contributed by atoms with Crippen LogP contribution < -0.4 is 0 Å². The maximum atomic E-state index is 9.41. The average Bonchev–Trinajstić information content (AvgIpc) is 2.30. The SMILES string of the molecule is CC[C@H]1CC(O)CN1C(C)C. The second-order valence-electron chi connectivity index (χ2n) is 3.74. The zero-order valence-electron chi connectivity index (χ0n) is 7.75. The van der Waals surface area contributed by atoms with Crippen LogP contribution in [0.4, 0.5) is 0 Å². The van der Waals surface area contributed by atoms with E-state index >= 15 is 0 Å². The Hall–Kier alpha value is -0.0800. The summed E-state index contributed by atoms with van der Waals surface area (Å²) in [7, 11) is 0. The molecule has 0 saturated carbocycles. The van der Waals surface area contributed by atoms with Gasteiger partial charge in [0.1, 0.15) is 0 Å². The summed E-state index contributed by atoms with van der Waals surface area (Å²) < 4.78 is 0. The molecule has 1 rings (SSSR count). The highest BCUT2D eigenvalue weighted by molar-refractivity contribution is 4.85. The van der Waals surface area contributed by atoms with Gasteiger partial charge in [-0.2, -0.15) is 0 Å². The Morgan fingerprint density at radius 1 is 1.55 bits per heavy atom. The first kappa shape index (κ1) is 9.01. The summed E-state index contributed by atoms with van der Waals surface area (Å²) >= 11 is 0. The van der Waals surface area contributed by atoms with Crippen molar-refractivity contribution in [3.8, 4) is 0 Å². The van der Waals surface area contributed by atoms with Crippen LogP contribution in [-0.2, 0) is 0 Å². The molecule has 66 valence electrons. The standard InChI is InChI=1S/C9H19NO/c1-4-8-5-9(11)6-10(8)7(2)3/h7-9,11H,4-6H2,1-3H3/t8-,9?/m0/s1. The Labute approximate surface area is 69.2 Å². The fourth-order valence-corrected chi connectivity index (χ4v) is 1.95. The van der Waals surface area contributed by atoms with Crippen molar-refractivity contribution in [1.82, 2.24) is 4.90 Å². The molecule has 2 atom stereocenters. The molecule has 0 aromatic rings. The summed E-state index contributed by atoms with van der Waals surface area (Å²) in [5.41, 5.74) is 0. The van der Waals surface area contributed by atoms with E-state index in [1.807, 2.05) is 0 Å². The van der Waals surface area contributed by atoms with E-state index in [1.54, 1.807) is 0 Å². The largest absolute Gasteiger partial charge is 0.392 e. The molecule has 11 heavy (non-hydrogen) atoms. The molecule has 2 nitrogen and oxygen atoms in total. The van der Waals surface area contributed by atoms with Crippen LogP contribution in [0.5, 0.6) is 0 Å². The molecule has 0 aromatic heterocycles. The van der Waals surface area contributed by atoms with Crippen molar-refractivity contribution >= 4 is 0 Å². The van der Waals surface area contributed by atoms with Gasteiger partial charge in [0.15, 0.2) is 0 Å². The molecule has 0 aromatic carbocycles. The van der Waals surface area contributed by atoms with Gasteiger partial charge in [-0.1, -0.05) is 6.92 Å². The van der Waals surface area contributed by atoms with Gasteiger partial charge in [0.25, 0.3) is 0 Å². The quantitative estimate of drug-likeness (QED) is 0.652. The molecule has 0 radical (unpaired) electrons. The molecule has 0 aliphatic carbocycles. The van der Waals surface area contributed by atoms with Crippen LogP contribution in [0.1, 0.15) is 33.6 Å². The summed E-state index contributed by atoms with van der Waals surface area (Å²) in [4.78, 5) is 2.39. The highest BCUT2D eigenvalue weighted by Crippen LogP contribution is 2.22. The maximum absolute atomic E-state index is 9.41. The van der Waals surface area contributed by atoms with E-state index in [9.17, 15) is 5.11 Å². The zero-order valence-corrected chi connectivity index (χ0v) is 7.75. The van der Waals surface area contributed by atoms with Gasteiger partial charge in [0, 0.05) is 18.6 Å². The lowest BCUT2D eigenvalue weighted by molar-refractivity contribution is 0.158. The number of hydrogen-bond acceptors (Lipinski definition) is 2. The van der Waals surface area contributed by atoms with Gasteiger partial charge in [0.2, 0.25) is 0 Å². The van der Waals surface area contributed by atoms with Crippen LogP contribution in [0.3, 0.4) is 0 Å². The van der Waals surface area contributed by atoms with Crippen LogP contribution in [0, 0.1) is 0 Å². The minimum atomic E-state index is -0.0812. The summed E-state index contributed by atoms with van der Waals surface area (Å²) in [5, 5.41) is 9.41. The molecule has 1 heterocycles. The van der Waals surface area contributed by atoms with E-state index in [1.165, 1.54) is 0 Å². The molecule has 1 aliphatic heterocycles. The third-order valence-corrected chi connectivity index (χ3v) is 2.57. The summed E-state index contributed by atoms with van der Waals surface area (Å²) in [6.45, 7) is 7.45. The minimum absolute atomic E-state index is 0.0812. The monoisotopic (exact) mass is 157 g/mol. The van der Waals surface area contributed by atoms with Crippen LogP contribution in [0.25, 0.3) is 0 Å². The number of β-amino-alcohol motifs (C(OH)–C–C–N with tert-alkyl or cyclic N) is 1. The predicted octanol–water partition coefficient (Wildman–Crippen LogP) is 1.24. The number of aliphatic hydroxyl groups is 1. The minimum Gasteiger partial charge on any atom is -0.392 e. The number of nitrogens with zero attached hydrogens (tertiary/aromatic N) is 1. The van der Waals surface area contributed by atoms with Crippen molar-refractivity contribution < 1.29 is 5.11 Å². The van der Waals surface area contributed by atoms with E-state index in [0.29, 0.717) is 12.1 Å². The Kier molecular flexibility index (Phi) is 2.90. The van der Waals surface area contributed by atoms with Crippen molar-refractivity contribution in [3.63, 3.8) is 0 Å². The topological polar surface area (TPSA) is 23.5 Å². The second-order valence-corrected chi connectivity index (χ2v) is 3.74. The lowest BCUT2D eigenvalue weighted by atomic mass is 10.1. The maximum Gasteiger partial charge on any atom is 0.0682 e. The highest BCUT2D eigenvalue weighted by atomic mass is 16.3. The van der Waals surface area contributed by atoms with Crippen LogP contribution in [0.15, 0.2) is 0 Å². The zero-order chi connectivity index (χ0) is 8.43. The van der Waals surface area contributed by atoms with E-state index in [4.69, 9.17) is 0 Å². The summed E-state index contributed by atoms with van der Waals surface area (Å²) in [6, 6.07) is 1.20. The lowest BCUT2D eigenvalue weighted by Crippen LogP contribution is -2.35. The first-order chi connectivity index (χ1) is 5.15. The summed E-state index contributed by atoms with van der Waals surface area (Å²) in [6.07, 6.45) is 2.05. The Balaban J connectivity index is 2.50. The highest BCUT2D eigenvalue weighted by Gasteiger charge is 2.30. The van der Waals surface area contributed by atoms with Gasteiger partial charge >= 0.3 is 0 Å². The third-order valence-electron chi connectivity index (χ3n) is 2.57. The predicted molar refractivity (Wildman–Crippen MR) is 46.5 cm³/mol. The van der Waals surface area contributed by atoms with Gasteiger partial charge in [-0.15, -0.1) is 0 Å². The fourth-order valence-electron chi connectivity index (χ4n) is 1.95. The lowest BCUT2D eigenvalue weighted by Gasteiger charge is -2.26. The van der Waals surface area contributed by atoms with Gasteiger partial charge in [-0.3, -0.25) is 4.90 Å². The molecule has 1 saturated heterocycles.